The highest BCUT2D eigenvalue weighted by Crippen LogP contribution is 2.41. The standard InChI is InChI=1S/C13H18BrNO3/c1-17-10-6-5-8(13(18-2)11(10)14)12(16)9-4-3-7-15-9/h5-6,9,12,15-16H,3-4,7H2,1-2H3. The number of aliphatic hydroxyl groups is 1. The van der Waals surface area contributed by atoms with E-state index in [0.717, 1.165) is 29.4 Å². The van der Waals surface area contributed by atoms with E-state index < -0.39 is 6.10 Å². The van der Waals surface area contributed by atoms with Crippen LogP contribution in [0.4, 0.5) is 0 Å². The highest BCUT2D eigenvalue weighted by atomic mass is 79.9. The second kappa shape index (κ2) is 5.91. The molecular weight excluding hydrogens is 298 g/mol. The number of nitrogens with one attached hydrogen (secondary N) is 1. The monoisotopic (exact) mass is 315 g/mol. The largest absolute Gasteiger partial charge is 0.495 e. The van der Waals surface area contributed by atoms with Crippen LogP contribution in [0, 0.1) is 0 Å². The third-order valence-corrected chi connectivity index (χ3v) is 4.07. The maximum atomic E-state index is 10.4. The van der Waals surface area contributed by atoms with Gasteiger partial charge in [-0.25, -0.2) is 0 Å². The molecule has 1 fully saturated rings. The number of rotatable bonds is 4. The number of hydrogen-bond donors (Lipinski definition) is 2. The summed E-state index contributed by atoms with van der Waals surface area (Å²) in [6.45, 7) is 0.960. The third kappa shape index (κ3) is 2.48. The van der Waals surface area contributed by atoms with Gasteiger partial charge in [-0.3, -0.25) is 0 Å². The molecule has 5 heteroatoms. The van der Waals surface area contributed by atoms with Crippen LogP contribution in [-0.4, -0.2) is 31.9 Å². The van der Waals surface area contributed by atoms with Crippen LogP contribution in [0.25, 0.3) is 0 Å². The minimum atomic E-state index is -0.565. The molecule has 0 saturated carbocycles. The minimum absolute atomic E-state index is 0.0965. The molecule has 0 bridgehead atoms. The fraction of sp³-hybridized carbons (Fsp3) is 0.538. The predicted octanol–water partition coefficient (Wildman–Crippen LogP) is 2.25. The Labute approximate surface area is 115 Å². The van der Waals surface area contributed by atoms with Crippen LogP contribution in [0.2, 0.25) is 0 Å². The summed E-state index contributed by atoms with van der Waals surface area (Å²) in [7, 11) is 3.20. The molecule has 1 aromatic carbocycles. The van der Waals surface area contributed by atoms with Crippen molar-refractivity contribution in [3.05, 3.63) is 22.2 Å². The van der Waals surface area contributed by atoms with Crippen LogP contribution in [0.5, 0.6) is 11.5 Å². The third-order valence-electron chi connectivity index (χ3n) is 3.31. The van der Waals surface area contributed by atoms with Gasteiger partial charge in [0.25, 0.3) is 0 Å². The number of ether oxygens (including phenoxy) is 2. The molecule has 1 aliphatic heterocycles. The highest BCUT2D eigenvalue weighted by Gasteiger charge is 2.27. The predicted molar refractivity (Wildman–Crippen MR) is 73.2 cm³/mol. The average Bonchev–Trinajstić information content (AvgIpc) is 2.91. The van der Waals surface area contributed by atoms with Gasteiger partial charge in [-0.2, -0.15) is 0 Å². The van der Waals surface area contributed by atoms with Crippen molar-refractivity contribution in [2.45, 2.75) is 25.0 Å². The van der Waals surface area contributed by atoms with E-state index >= 15 is 0 Å². The van der Waals surface area contributed by atoms with Crippen molar-refractivity contribution in [2.75, 3.05) is 20.8 Å². The van der Waals surface area contributed by atoms with Gasteiger partial charge in [0.1, 0.15) is 16.0 Å². The number of hydrogen-bond acceptors (Lipinski definition) is 4. The van der Waals surface area contributed by atoms with Crippen molar-refractivity contribution in [2.24, 2.45) is 0 Å². The summed E-state index contributed by atoms with van der Waals surface area (Å²) in [5.41, 5.74) is 0.782. The number of methoxy groups -OCH3 is 2. The lowest BCUT2D eigenvalue weighted by Crippen LogP contribution is -2.29. The molecule has 0 amide bonds. The Morgan fingerprint density at radius 1 is 1.39 bits per heavy atom. The fourth-order valence-corrected chi connectivity index (χ4v) is 3.03. The molecule has 2 unspecified atom stereocenters. The zero-order chi connectivity index (χ0) is 13.1. The molecule has 4 nitrogen and oxygen atoms in total. The minimum Gasteiger partial charge on any atom is -0.495 e. The summed E-state index contributed by atoms with van der Waals surface area (Å²) < 4.78 is 11.3. The molecule has 2 rings (SSSR count). The highest BCUT2D eigenvalue weighted by molar-refractivity contribution is 9.10. The Morgan fingerprint density at radius 2 is 2.17 bits per heavy atom. The molecule has 1 saturated heterocycles. The van der Waals surface area contributed by atoms with E-state index in [1.807, 2.05) is 12.1 Å². The van der Waals surface area contributed by atoms with Crippen LogP contribution in [0.3, 0.4) is 0 Å². The average molecular weight is 316 g/mol. The number of benzene rings is 1. The molecule has 1 aliphatic rings. The number of aliphatic hydroxyl groups excluding tert-OH is 1. The van der Waals surface area contributed by atoms with Gasteiger partial charge in [0.05, 0.1) is 20.3 Å². The van der Waals surface area contributed by atoms with Gasteiger partial charge in [0, 0.05) is 11.6 Å². The Bertz CT molecular complexity index is 419. The summed E-state index contributed by atoms with van der Waals surface area (Å²) in [5.74, 6) is 1.33. The van der Waals surface area contributed by atoms with Crippen molar-refractivity contribution in [1.82, 2.24) is 5.32 Å². The molecule has 2 atom stereocenters. The van der Waals surface area contributed by atoms with Crippen molar-refractivity contribution >= 4 is 15.9 Å². The van der Waals surface area contributed by atoms with Gasteiger partial charge in [-0.1, -0.05) is 0 Å². The van der Waals surface area contributed by atoms with E-state index in [9.17, 15) is 5.11 Å². The van der Waals surface area contributed by atoms with Crippen LogP contribution in [0.15, 0.2) is 16.6 Å². The lowest BCUT2D eigenvalue weighted by molar-refractivity contribution is 0.134. The Kier molecular flexibility index (Phi) is 4.48. The van der Waals surface area contributed by atoms with Crippen LogP contribution in [-0.2, 0) is 0 Å². The van der Waals surface area contributed by atoms with Crippen LogP contribution >= 0.6 is 15.9 Å². The summed E-state index contributed by atoms with van der Waals surface area (Å²) >= 11 is 3.45. The zero-order valence-electron chi connectivity index (χ0n) is 10.6. The van der Waals surface area contributed by atoms with E-state index in [4.69, 9.17) is 9.47 Å². The normalized spacial score (nSPS) is 20.8. The fourth-order valence-electron chi connectivity index (χ4n) is 2.35. The molecule has 1 heterocycles. The first kappa shape index (κ1) is 13.6. The molecular formula is C13H18BrNO3. The second-order valence-electron chi connectivity index (χ2n) is 4.35. The Hall–Kier alpha value is -0.780. The maximum absolute atomic E-state index is 10.4. The Morgan fingerprint density at radius 3 is 2.72 bits per heavy atom. The van der Waals surface area contributed by atoms with Crippen molar-refractivity contribution in [3.8, 4) is 11.5 Å². The van der Waals surface area contributed by atoms with Gasteiger partial charge in [-0.05, 0) is 47.4 Å². The zero-order valence-corrected chi connectivity index (χ0v) is 12.2. The molecule has 0 aromatic heterocycles. The van der Waals surface area contributed by atoms with E-state index in [1.54, 1.807) is 14.2 Å². The first-order valence-corrected chi connectivity index (χ1v) is 6.80. The van der Waals surface area contributed by atoms with Crippen molar-refractivity contribution < 1.29 is 14.6 Å². The van der Waals surface area contributed by atoms with Gasteiger partial charge in [0.2, 0.25) is 0 Å². The Balaban J connectivity index is 2.34. The van der Waals surface area contributed by atoms with Crippen LogP contribution < -0.4 is 14.8 Å². The summed E-state index contributed by atoms with van der Waals surface area (Å²) in [6, 6.07) is 3.78. The molecule has 100 valence electrons. The summed E-state index contributed by atoms with van der Waals surface area (Å²) in [4.78, 5) is 0. The lowest BCUT2D eigenvalue weighted by Gasteiger charge is -2.22. The number of halogens is 1. The maximum Gasteiger partial charge on any atom is 0.142 e. The topological polar surface area (TPSA) is 50.7 Å². The molecule has 2 N–H and O–H groups in total. The lowest BCUT2D eigenvalue weighted by atomic mass is 10.00. The molecule has 0 spiro atoms. The molecule has 18 heavy (non-hydrogen) atoms. The quantitative estimate of drug-likeness (QED) is 0.895. The van der Waals surface area contributed by atoms with Gasteiger partial charge in [0.15, 0.2) is 0 Å². The van der Waals surface area contributed by atoms with Gasteiger partial charge < -0.3 is 19.9 Å². The first-order valence-electron chi connectivity index (χ1n) is 6.01. The van der Waals surface area contributed by atoms with E-state index in [1.165, 1.54) is 0 Å². The molecule has 0 aliphatic carbocycles. The smallest absolute Gasteiger partial charge is 0.142 e. The first-order chi connectivity index (χ1) is 8.69. The van der Waals surface area contributed by atoms with Crippen LogP contribution in [0.1, 0.15) is 24.5 Å². The summed E-state index contributed by atoms with van der Waals surface area (Å²) in [5, 5.41) is 13.7. The second-order valence-corrected chi connectivity index (χ2v) is 5.14. The van der Waals surface area contributed by atoms with Crippen molar-refractivity contribution in [3.63, 3.8) is 0 Å². The van der Waals surface area contributed by atoms with E-state index in [0.29, 0.717) is 11.5 Å². The SMILES string of the molecule is COc1ccc(C(O)C2CCCN2)c(OC)c1Br. The summed E-state index contributed by atoms with van der Waals surface area (Å²) in [6.07, 6.45) is 1.51. The van der Waals surface area contributed by atoms with E-state index in [-0.39, 0.29) is 6.04 Å². The van der Waals surface area contributed by atoms with Crippen molar-refractivity contribution in [1.29, 1.82) is 0 Å². The van der Waals surface area contributed by atoms with E-state index in [2.05, 4.69) is 21.2 Å². The molecule has 1 aromatic rings. The van der Waals surface area contributed by atoms with Gasteiger partial charge >= 0.3 is 0 Å². The van der Waals surface area contributed by atoms with Gasteiger partial charge in [-0.15, -0.1) is 0 Å². The molecule has 0 radical (unpaired) electrons.